The molecule has 0 spiro atoms. The molecule has 4 rings (SSSR count). The van der Waals surface area contributed by atoms with Gasteiger partial charge in [0.25, 0.3) is 0 Å². The average molecular weight is 416 g/mol. The fourth-order valence-electron chi connectivity index (χ4n) is 3.29. The fourth-order valence-corrected chi connectivity index (χ4v) is 3.29. The summed E-state index contributed by atoms with van der Waals surface area (Å²) in [7, 11) is 0. The van der Waals surface area contributed by atoms with E-state index in [-0.39, 0.29) is 5.82 Å². The lowest BCUT2D eigenvalue weighted by Crippen LogP contribution is -2.21. The maximum absolute atomic E-state index is 12.8. The Morgan fingerprint density at radius 2 is 2.17 bits per heavy atom. The number of H-pyrrole nitrogens is 1. The molecule has 11 heteroatoms. The van der Waals surface area contributed by atoms with E-state index in [0.29, 0.717) is 17.6 Å². The zero-order valence-corrected chi connectivity index (χ0v) is 16.1. The highest BCUT2D eigenvalue weighted by molar-refractivity contribution is 5.76. The first-order chi connectivity index (χ1) is 14.4. The van der Waals surface area contributed by atoms with Crippen LogP contribution in [0.4, 0.5) is 19.0 Å². The van der Waals surface area contributed by atoms with Crippen molar-refractivity contribution in [2.45, 2.75) is 25.6 Å². The van der Waals surface area contributed by atoms with Gasteiger partial charge in [-0.05, 0) is 19.4 Å². The summed E-state index contributed by atoms with van der Waals surface area (Å²) in [5.74, 6) is 1.37. The summed E-state index contributed by atoms with van der Waals surface area (Å²) >= 11 is 0. The number of allylic oxidation sites excluding steroid dienone is 2. The number of rotatable bonds is 5. The SMILES string of the molecule is C/C=C(\N=Cc1ncc(-c2nccc(N3CCC(n4ccnc4)C3)n2)[nH]1)C(F)(F)F. The number of aromatic nitrogens is 6. The number of halogens is 3. The van der Waals surface area contributed by atoms with E-state index in [4.69, 9.17) is 0 Å². The number of aromatic amines is 1. The van der Waals surface area contributed by atoms with Crippen molar-refractivity contribution in [3.05, 3.63) is 54.8 Å². The molecule has 4 heterocycles. The van der Waals surface area contributed by atoms with Crippen molar-refractivity contribution >= 4 is 12.0 Å². The number of imidazole rings is 2. The van der Waals surface area contributed by atoms with Crippen LogP contribution in [-0.4, -0.2) is 55.0 Å². The van der Waals surface area contributed by atoms with Gasteiger partial charge in [-0.1, -0.05) is 6.08 Å². The quantitative estimate of drug-likeness (QED) is 0.644. The lowest BCUT2D eigenvalue weighted by Gasteiger charge is -2.18. The molecule has 1 saturated heterocycles. The highest BCUT2D eigenvalue weighted by Gasteiger charge is 2.32. The standard InChI is InChI=1S/C19H19F3N8/c1-2-15(19(20,21)22)25-10-16-26-9-14(27-16)18-24-5-3-17(28-18)29-7-4-13(11-29)30-8-6-23-12-30/h2-3,5-6,8-10,12-13H,4,7,11H2,1H3,(H,26,27)/b15-2-,25-10?. The minimum Gasteiger partial charge on any atom is -0.354 e. The third kappa shape index (κ3) is 4.24. The van der Waals surface area contributed by atoms with Crippen molar-refractivity contribution in [2.75, 3.05) is 18.0 Å². The minimum absolute atomic E-state index is 0.184. The van der Waals surface area contributed by atoms with Gasteiger partial charge >= 0.3 is 6.18 Å². The van der Waals surface area contributed by atoms with Crippen LogP contribution in [0.15, 0.2) is 53.9 Å². The smallest absolute Gasteiger partial charge is 0.354 e. The van der Waals surface area contributed by atoms with Gasteiger partial charge in [0.2, 0.25) is 0 Å². The van der Waals surface area contributed by atoms with Crippen molar-refractivity contribution in [1.82, 2.24) is 29.5 Å². The summed E-state index contributed by atoms with van der Waals surface area (Å²) in [5.41, 5.74) is -0.488. The van der Waals surface area contributed by atoms with Gasteiger partial charge in [-0.15, -0.1) is 0 Å². The van der Waals surface area contributed by atoms with Gasteiger partial charge in [0.1, 0.15) is 23.0 Å². The minimum atomic E-state index is -4.51. The molecule has 1 unspecified atom stereocenters. The van der Waals surface area contributed by atoms with E-state index in [1.54, 1.807) is 12.4 Å². The maximum atomic E-state index is 12.8. The molecule has 1 aliphatic heterocycles. The Morgan fingerprint density at radius 3 is 2.90 bits per heavy atom. The monoisotopic (exact) mass is 416 g/mol. The van der Waals surface area contributed by atoms with Gasteiger partial charge in [0.05, 0.1) is 24.8 Å². The van der Waals surface area contributed by atoms with Gasteiger partial charge in [0, 0.05) is 31.7 Å². The summed E-state index contributed by atoms with van der Waals surface area (Å²) in [6.45, 7) is 2.93. The molecule has 1 fully saturated rings. The third-order valence-electron chi connectivity index (χ3n) is 4.80. The van der Waals surface area contributed by atoms with E-state index in [1.807, 2.05) is 18.6 Å². The zero-order chi connectivity index (χ0) is 21.1. The Hall–Kier alpha value is -3.50. The zero-order valence-electron chi connectivity index (χ0n) is 16.1. The average Bonchev–Trinajstić information content (AvgIpc) is 3.48. The molecule has 1 N–H and O–H groups in total. The van der Waals surface area contributed by atoms with Crippen molar-refractivity contribution in [1.29, 1.82) is 0 Å². The number of anilines is 1. The summed E-state index contributed by atoms with van der Waals surface area (Å²) in [4.78, 5) is 25.5. The van der Waals surface area contributed by atoms with Crippen LogP contribution >= 0.6 is 0 Å². The highest BCUT2D eigenvalue weighted by atomic mass is 19.4. The summed E-state index contributed by atoms with van der Waals surface area (Å²) < 4.78 is 40.4. The summed E-state index contributed by atoms with van der Waals surface area (Å²) in [6.07, 6.45) is 7.05. The van der Waals surface area contributed by atoms with Crippen LogP contribution in [0.2, 0.25) is 0 Å². The van der Waals surface area contributed by atoms with E-state index in [0.717, 1.165) is 37.6 Å². The van der Waals surface area contributed by atoms with Crippen LogP contribution in [0.3, 0.4) is 0 Å². The second kappa shape index (κ2) is 8.09. The van der Waals surface area contributed by atoms with E-state index in [1.165, 1.54) is 13.1 Å². The molecule has 0 aliphatic carbocycles. The van der Waals surface area contributed by atoms with E-state index in [2.05, 4.69) is 39.4 Å². The topological polar surface area (TPSA) is 87.9 Å². The van der Waals surface area contributed by atoms with Crippen LogP contribution in [0.25, 0.3) is 11.5 Å². The number of nitrogens with zero attached hydrogens (tertiary/aromatic N) is 7. The Balaban J connectivity index is 1.49. The number of aliphatic imine (C=N–C) groups is 1. The normalized spacial score (nSPS) is 17.9. The van der Waals surface area contributed by atoms with Crippen LogP contribution in [0, 0.1) is 0 Å². The molecule has 0 saturated carbocycles. The van der Waals surface area contributed by atoms with Crippen molar-refractivity contribution in [2.24, 2.45) is 4.99 Å². The number of hydrogen-bond acceptors (Lipinski definition) is 6. The maximum Gasteiger partial charge on any atom is 0.433 e. The molecular formula is C19H19F3N8. The number of alkyl halides is 3. The third-order valence-corrected chi connectivity index (χ3v) is 4.80. The summed E-state index contributed by atoms with van der Waals surface area (Å²) in [5, 5.41) is 0. The molecule has 1 atom stereocenters. The molecule has 156 valence electrons. The molecule has 0 bridgehead atoms. The Morgan fingerprint density at radius 1 is 1.30 bits per heavy atom. The predicted octanol–water partition coefficient (Wildman–Crippen LogP) is 3.40. The predicted molar refractivity (Wildman–Crippen MR) is 105 cm³/mol. The first kappa shape index (κ1) is 19.8. The van der Waals surface area contributed by atoms with Gasteiger partial charge in [-0.2, -0.15) is 13.2 Å². The molecule has 0 radical (unpaired) electrons. The second-order valence-corrected chi connectivity index (χ2v) is 6.75. The first-order valence-corrected chi connectivity index (χ1v) is 9.32. The van der Waals surface area contributed by atoms with Gasteiger partial charge in [-0.25, -0.2) is 24.9 Å². The van der Waals surface area contributed by atoms with Crippen molar-refractivity contribution < 1.29 is 13.2 Å². The van der Waals surface area contributed by atoms with Crippen LogP contribution in [0.1, 0.15) is 25.2 Å². The highest BCUT2D eigenvalue weighted by Crippen LogP contribution is 2.27. The van der Waals surface area contributed by atoms with E-state index < -0.39 is 11.9 Å². The first-order valence-electron chi connectivity index (χ1n) is 9.32. The molecular weight excluding hydrogens is 397 g/mol. The lowest BCUT2D eigenvalue weighted by atomic mass is 10.3. The van der Waals surface area contributed by atoms with Crippen LogP contribution in [-0.2, 0) is 0 Å². The molecule has 0 amide bonds. The number of nitrogens with one attached hydrogen (secondary N) is 1. The van der Waals surface area contributed by atoms with Crippen LogP contribution < -0.4 is 4.90 Å². The van der Waals surface area contributed by atoms with Crippen molar-refractivity contribution in [3.8, 4) is 11.5 Å². The fraction of sp³-hybridized carbons (Fsp3) is 0.316. The van der Waals surface area contributed by atoms with Gasteiger partial charge in [0.15, 0.2) is 5.82 Å². The van der Waals surface area contributed by atoms with E-state index in [9.17, 15) is 13.2 Å². The van der Waals surface area contributed by atoms with Gasteiger partial charge < -0.3 is 14.5 Å². The molecule has 0 aromatic carbocycles. The Kier molecular flexibility index (Phi) is 5.34. The molecule has 1 aliphatic rings. The molecule has 30 heavy (non-hydrogen) atoms. The second-order valence-electron chi connectivity index (χ2n) is 6.75. The number of hydrogen-bond donors (Lipinski definition) is 1. The molecule has 3 aromatic heterocycles. The van der Waals surface area contributed by atoms with Crippen molar-refractivity contribution in [3.63, 3.8) is 0 Å². The molecule has 8 nitrogen and oxygen atoms in total. The summed E-state index contributed by atoms with van der Waals surface area (Å²) in [6, 6.07) is 2.16. The Bertz CT molecular complexity index is 1050. The van der Waals surface area contributed by atoms with Crippen LogP contribution in [0.5, 0.6) is 0 Å². The largest absolute Gasteiger partial charge is 0.433 e. The molecule has 3 aromatic rings. The Labute approximate surface area is 170 Å². The van der Waals surface area contributed by atoms with Gasteiger partial charge in [-0.3, -0.25) is 0 Å². The lowest BCUT2D eigenvalue weighted by molar-refractivity contribution is -0.0923. The van der Waals surface area contributed by atoms with E-state index >= 15 is 0 Å².